The van der Waals surface area contributed by atoms with Crippen molar-refractivity contribution in [2.45, 2.75) is 45.1 Å². The molecule has 0 spiro atoms. The summed E-state index contributed by atoms with van der Waals surface area (Å²) in [6.45, 7) is 6.93. The van der Waals surface area contributed by atoms with Crippen LogP contribution in [-0.2, 0) is 9.57 Å². The van der Waals surface area contributed by atoms with E-state index in [1.54, 1.807) is 30.4 Å². The number of piperidine rings is 1. The van der Waals surface area contributed by atoms with Gasteiger partial charge in [0.2, 0.25) is 0 Å². The fourth-order valence-electron chi connectivity index (χ4n) is 2.75. The SMILES string of the molecule is COCCN(OC(C)(C)C)c1cccc(C(=O)N2CCC(F)(F)CC2)c1. The molecule has 0 unspecified atom stereocenters. The molecular formula is C19H28F2N2O3. The van der Waals surface area contributed by atoms with Gasteiger partial charge < -0.3 is 9.64 Å². The maximum atomic E-state index is 13.3. The van der Waals surface area contributed by atoms with Gasteiger partial charge in [0.1, 0.15) is 0 Å². The highest BCUT2D eigenvalue weighted by molar-refractivity contribution is 5.95. The molecule has 5 nitrogen and oxygen atoms in total. The molecular weight excluding hydrogens is 342 g/mol. The number of rotatable bonds is 6. The molecule has 26 heavy (non-hydrogen) atoms. The Bertz CT molecular complexity index is 607. The monoisotopic (exact) mass is 370 g/mol. The Kier molecular flexibility index (Phi) is 6.58. The van der Waals surface area contributed by atoms with Crippen molar-refractivity contribution in [3.63, 3.8) is 0 Å². The minimum atomic E-state index is -2.67. The lowest BCUT2D eigenvalue weighted by atomic mass is 10.1. The smallest absolute Gasteiger partial charge is 0.253 e. The summed E-state index contributed by atoms with van der Waals surface area (Å²) in [5, 5.41) is 1.70. The quantitative estimate of drug-likeness (QED) is 0.716. The third-order valence-electron chi connectivity index (χ3n) is 4.05. The van der Waals surface area contributed by atoms with Gasteiger partial charge in [-0.1, -0.05) is 6.07 Å². The number of hydroxylamine groups is 1. The van der Waals surface area contributed by atoms with E-state index in [0.717, 1.165) is 5.69 Å². The van der Waals surface area contributed by atoms with Gasteiger partial charge >= 0.3 is 0 Å². The number of carbonyl (C=O) groups is 1. The number of benzene rings is 1. The lowest BCUT2D eigenvalue weighted by Gasteiger charge is -2.33. The summed E-state index contributed by atoms with van der Waals surface area (Å²) in [7, 11) is 1.61. The number of methoxy groups -OCH3 is 1. The lowest BCUT2D eigenvalue weighted by molar-refractivity contribution is -0.0494. The van der Waals surface area contributed by atoms with Crippen molar-refractivity contribution in [2.24, 2.45) is 0 Å². The zero-order chi connectivity index (χ0) is 19.4. The number of likely N-dealkylation sites (tertiary alicyclic amines) is 1. The molecule has 0 saturated carbocycles. The number of anilines is 1. The Hall–Kier alpha value is -1.73. The second-order valence-corrected chi connectivity index (χ2v) is 7.50. The number of halogens is 2. The van der Waals surface area contributed by atoms with E-state index in [-0.39, 0.29) is 31.8 Å². The minimum absolute atomic E-state index is 0.0714. The summed E-state index contributed by atoms with van der Waals surface area (Å²) in [6.07, 6.45) is -0.572. The average Bonchev–Trinajstić information content (AvgIpc) is 2.57. The molecule has 1 amide bonds. The fourth-order valence-corrected chi connectivity index (χ4v) is 2.75. The highest BCUT2D eigenvalue weighted by atomic mass is 19.3. The van der Waals surface area contributed by atoms with Crippen molar-refractivity contribution in [3.8, 4) is 0 Å². The molecule has 1 saturated heterocycles. The average molecular weight is 370 g/mol. The molecule has 1 aliphatic heterocycles. The molecule has 2 rings (SSSR count). The van der Waals surface area contributed by atoms with E-state index in [0.29, 0.717) is 18.7 Å². The molecule has 1 aliphatic rings. The van der Waals surface area contributed by atoms with Crippen LogP contribution in [0.2, 0.25) is 0 Å². The zero-order valence-electron chi connectivity index (χ0n) is 15.9. The maximum absolute atomic E-state index is 13.3. The largest absolute Gasteiger partial charge is 0.383 e. The molecule has 0 N–H and O–H groups in total. The topological polar surface area (TPSA) is 42.0 Å². The van der Waals surface area contributed by atoms with Gasteiger partial charge in [-0.05, 0) is 39.0 Å². The number of hydrogen-bond acceptors (Lipinski definition) is 4. The van der Waals surface area contributed by atoms with Crippen LogP contribution in [-0.4, -0.2) is 55.7 Å². The van der Waals surface area contributed by atoms with Crippen LogP contribution in [0, 0.1) is 0 Å². The van der Waals surface area contributed by atoms with E-state index in [1.807, 2.05) is 26.8 Å². The molecule has 0 aromatic heterocycles. The van der Waals surface area contributed by atoms with E-state index in [4.69, 9.17) is 9.57 Å². The molecule has 1 aromatic rings. The fraction of sp³-hybridized carbons (Fsp3) is 0.632. The van der Waals surface area contributed by atoms with E-state index in [2.05, 4.69) is 0 Å². The number of ether oxygens (including phenoxy) is 1. The molecule has 1 fully saturated rings. The third-order valence-corrected chi connectivity index (χ3v) is 4.05. The molecule has 0 radical (unpaired) electrons. The van der Waals surface area contributed by atoms with Crippen molar-refractivity contribution in [1.82, 2.24) is 4.90 Å². The molecule has 146 valence electrons. The summed E-state index contributed by atoms with van der Waals surface area (Å²) in [5.74, 6) is -2.90. The van der Waals surface area contributed by atoms with Crippen molar-refractivity contribution in [1.29, 1.82) is 0 Å². The van der Waals surface area contributed by atoms with Crippen LogP contribution >= 0.6 is 0 Å². The molecule has 1 aromatic carbocycles. The Morgan fingerprint density at radius 1 is 1.27 bits per heavy atom. The van der Waals surface area contributed by atoms with E-state index >= 15 is 0 Å². The number of carbonyl (C=O) groups excluding carboxylic acids is 1. The van der Waals surface area contributed by atoms with Gasteiger partial charge in [-0.2, -0.15) is 0 Å². The molecule has 0 aliphatic carbocycles. The first-order chi connectivity index (χ1) is 12.1. The lowest BCUT2D eigenvalue weighted by Crippen LogP contribution is -2.42. The van der Waals surface area contributed by atoms with Gasteiger partial charge in [0.25, 0.3) is 11.8 Å². The summed E-state index contributed by atoms with van der Waals surface area (Å²) in [4.78, 5) is 20.1. The predicted molar refractivity (Wildman–Crippen MR) is 96.6 cm³/mol. The summed E-state index contributed by atoms with van der Waals surface area (Å²) in [6, 6.07) is 7.05. The summed E-state index contributed by atoms with van der Waals surface area (Å²) in [5.41, 5.74) is 0.782. The number of hydrogen-bond donors (Lipinski definition) is 0. The summed E-state index contributed by atoms with van der Waals surface area (Å²) < 4.78 is 31.8. The summed E-state index contributed by atoms with van der Waals surface area (Å²) >= 11 is 0. The van der Waals surface area contributed by atoms with Gasteiger partial charge in [0, 0.05) is 38.6 Å². The van der Waals surface area contributed by atoms with Gasteiger partial charge in [-0.15, -0.1) is 0 Å². The zero-order valence-corrected chi connectivity index (χ0v) is 15.9. The van der Waals surface area contributed by atoms with Crippen LogP contribution in [0.4, 0.5) is 14.5 Å². The van der Waals surface area contributed by atoms with Gasteiger partial charge in [0.05, 0.1) is 24.4 Å². The van der Waals surface area contributed by atoms with E-state index < -0.39 is 11.5 Å². The predicted octanol–water partition coefficient (Wildman–Crippen LogP) is 3.74. The van der Waals surface area contributed by atoms with Crippen molar-refractivity contribution >= 4 is 11.6 Å². The normalized spacial score (nSPS) is 17.2. The van der Waals surface area contributed by atoms with E-state index in [1.165, 1.54) is 4.90 Å². The van der Waals surface area contributed by atoms with Crippen molar-refractivity contribution < 1.29 is 23.1 Å². The van der Waals surface area contributed by atoms with Crippen molar-refractivity contribution in [3.05, 3.63) is 29.8 Å². The van der Waals surface area contributed by atoms with Crippen molar-refractivity contribution in [2.75, 3.05) is 38.4 Å². The van der Waals surface area contributed by atoms with E-state index in [9.17, 15) is 13.6 Å². The molecule has 0 bridgehead atoms. The highest BCUT2D eigenvalue weighted by Gasteiger charge is 2.35. The Balaban J connectivity index is 2.15. The van der Waals surface area contributed by atoms with Crippen LogP contribution in [0.5, 0.6) is 0 Å². The van der Waals surface area contributed by atoms with Crippen LogP contribution in [0.3, 0.4) is 0 Å². The Morgan fingerprint density at radius 2 is 1.92 bits per heavy atom. The first-order valence-corrected chi connectivity index (χ1v) is 8.84. The molecule has 7 heteroatoms. The standard InChI is InChI=1S/C19H28F2N2O3/c1-18(2,3)26-23(12-13-25-4)16-7-5-6-15(14-16)17(24)22-10-8-19(20,21)9-11-22/h5-7,14H,8-13H2,1-4H3. The second kappa shape index (κ2) is 8.31. The Morgan fingerprint density at radius 3 is 2.50 bits per heavy atom. The highest BCUT2D eigenvalue weighted by Crippen LogP contribution is 2.29. The third kappa shape index (κ3) is 5.92. The van der Waals surface area contributed by atoms with Crippen LogP contribution in [0.1, 0.15) is 44.0 Å². The van der Waals surface area contributed by atoms with Gasteiger partial charge in [0.15, 0.2) is 0 Å². The number of alkyl halides is 2. The maximum Gasteiger partial charge on any atom is 0.253 e. The van der Waals surface area contributed by atoms with Crippen LogP contribution in [0.25, 0.3) is 0 Å². The van der Waals surface area contributed by atoms with Gasteiger partial charge in [-0.3, -0.25) is 14.7 Å². The van der Waals surface area contributed by atoms with Gasteiger partial charge in [-0.25, -0.2) is 8.78 Å². The second-order valence-electron chi connectivity index (χ2n) is 7.50. The first-order valence-electron chi connectivity index (χ1n) is 8.84. The first kappa shape index (κ1) is 20.6. The molecule has 1 heterocycles. The Labute approximate surface area is 153 Å². The van der Waals surface area contributed by atoms with Crippen LogP contribution in [0.15, 0.2) is 24.3 Å². The minimum Gasteiger partial charge on any atom is -0.383 e. The van der Waals surface area contributed by atoms with Crippen LogP contribution < -0.4 is 5.06 Å². The number of amides is 1. The molecule has 0 atom stereocenters. The number of nitrogens with zero attached hydrogens (tertiary/aromatic N) is 2.